The van der Waals surface area contributed by atoms with E-state index >= 15 is 0 Å². The zero-order valence-corrected chi connectivity index (χ0v) is 15.8. The number of rotatable bonds is 5. The fourth-order valence-electron chi connectivity index (χ4n) is 2.96. The Labute approximate surface area is 157 Å². The van der Waals surface area contributed by atoms with Gasteiger partial charge >= 0.3 is 5.97 Å². The number of amides is 1. The molecule has 0 aliphatic carbocycles. The maximum atomic E-state index is 12.9. The molecular weight excluding hydrogens is 344 g/mol. The second kappa shape index (κ2) is 7.19. The minimum Gasteiger partial charge on any atom is -0.478 e. The number of benzene rings is 1. The first-order valence-electron chi connectivity index (χ1n) is 8.82. The molecule has 140 valence electrons. The van der Waals surface area contributed by atoms with E-state index in [4.69, 9.17) is 0 Å². The number of hydrogen-bond acceptors (Lipinski definition) is 4. The number of anilines is 1. The molecule has 0 aliphatic heterocycles. The molecule has 0 bridgehead atoms. The molecule has 2 N–H and O–H groups in total. The van der Waals surface area contributed by atoms with Crippen molar-refractivity contribution in [1.29, 1.82) is 0 Å². The smallest absolute Gasteiger partial charge is 0.336 e. The summed E-state index contributed by atoms with van der Waals surface area (Å²) >= 11 is 0. The molecule has 0 aliphatic rings. The number of pyridine rings is 1. The van der Waals surface area contributed by atoms with Crippen LogP contribution in [0, 0.1) is 13.8 Å². The molecule has 0 spiro atoms. The number of carboxylic acids is 1. The summed E-state index contributed by atoms with van der Waals surface area (Å²) in [7, 11) is 0. The lowest BCUT2D eigenvalue weighted by Gasteiger charge is -2.12. The van der Waals surface area contributed by atoms with Crippen LogP contribution in [0.4, 0.5) is 5.69 Å². The highest BCUT2D eigenvalue weighted by atomic mass is 16.4. The van der Waals surface area contributed by atoms with Crippen molar-refractivity contribution in [2.75, 3.05) is 5.32 Å². The SMILES string of the molecule is CCC(C)n1ncc2c(C(=O)Nc3ccc(C)c(C(=O)O)c3)cc(C)nc21. The van der Waals surface area contributed by atoms with E-state index in [9.17, 15) is 14.7 Å². The van der Waals surface area contributed by atoms with Gasteiger partial charge < -0.3 is 10.4 Å². The summed E-state index contributed by atoms with van der Waals surface area (Å²) in [5.41, 5.74) is 3.08. The van der Waals surface area contributed by atoms with E-state index < -0.39 is 5.97 Å². The molecular formula is C20H22N4O3. The summed E-state index contributed by atoms with van der Waals surface area (Å²) < 4.78 is 1.83. The number of carbonyl (C=O) groups excluding carboxylic acids is 1. The van der Waals surface area contributed by atoms with E-state index in [0.29, 0.717) is 33.5 Å². The first kappa shape index (κ1) is 18.6. The van der Waals surface area contributed by atoms with Gasteiger partial charge in [0.1, 0.15) is 0 Å². The van der Waals surface area contributed by atoms with E-state index in [2.05, 4.69) is 29.2 Å². The molecule has 3 aromatic rings. The number of hydrogen-bond donors (Lipinski definition) is 2. The standard InChI is InChI=1S/C20H22N4O3/c1-5-13(4)24-18-17(10-21-24)16(8-12(3)22-18)19(25)23-14-7-6-11(2)15(9-14)20(26)27/h6-10,13H,5H2,1-4H3,(H,23,25)(H,26,27). The monoisotopic (exact) mass is 366 g/mol. The van der Waals surface area contributed by atoms with E-state index in [0.717, 1.165) is 6.42 Å². The second-order valence-electron chi connectivity index (χ2n) is 6.68. The lowest BCUT2D eigenvalue weighted by molar-refractivity contribution is 0.0695. The quantitative estimate of drug-likeness (QED) is 0.712. The van der Waals surface area contributed by atoms with Crippen molar-refractivity contribution in [3.63, 3.8) is 0 Å². The summed E-state index contributed by atoms with van der Waals surface area (Å²) in [5, 5.41) is 17.1. The molecule has 3 rings (SSSR count). The normalized spacial score (nSPS) is 12.1. The van der Waals surface area contributed by atoms with Crippen molar-refractivity contribution in [3.05, 3.63) is 52.8 Å². The fourth-order valence-corrected chi connectivity index (χ4v) is 2.96. The van der Waals surface area contributed by atoms with Gasteiger partial charge in [-0.25, -0.2) is 14.5 Å². The average molecular weight is 366 g/mol. The van der Waals surface area contributed by atoms with Gasteiger partial charge in [-0.1, -0.05) is 13.0 Å². The van der Waals surface area contributed by atoms with E-state index in [1.54, 1.807) is 31.3 Å². The van der Waals surface area contributed by atoms with Crippen molar-refractivity contribution in [2.45, 2.75) is 40.2 Å². The average Bonchev–Trinajstić information content (AvgIpc) is 3.05. The minimum absolute atomic E-state index is 0.161. The Morgan fingerprint density at radius 3 is 2.63 bits per heavy atom. The Morgan fingerprint density at radius 1 is 1.22 bits per heavy atom. The molecule has 2 heterocycles. The number of aromatic carboxylic acids is 1. The lowest BCUT2D eigenvalue weighted by atomic mass is 10.1. The number of carbonyl (C=O) groups is 2. The minimum atomic E-state index is -1.03. The van der Waals surface area contributed by atoms with Crippen LogP contribution in [0.2, 0.25) is 0 Å². The van der Waals surface area contributed by atoms with Crippen molar-refractivity contribution in [2.24, 2.45) is 0 Å². The molecule has 7 nitrogen and oxygen atoms in total. The molecule has 1 amide bonds. The predicted molar refractivity (Wildman–Crippen MR) is 103 cm³/mol. The van der Waals surface area contributed by atoms with E-state index in [-0.39, 0.29) is 17.5 Å². The third kappa shape index (κ3) is 3.53. The highest BCUT2D eigenvalue weighted by Crippen LogP contribution is 2.24. The summed E-state index contributed by atoms with van der Waals surface area (Å²) in [6.07, 6.45) is 2.55. The van der Waals surface area contributed by atoms with Gasteiger partial charge in [-0.3, -0.25) is 4.79 Å². The van der Waals surface area contributed by atoms with Gasteiger partial charge in [-0.05, 0) is 51.0 Å². The number of nitrogens with one attached hydrogen (secondary N) is 1. The Morgan fingerprint density at radius 2 is 1.96 bits per heavy atom. The number of nitrogens with zero attached hydrogens (tertiary/aromatic N) is 3. The summed E-state index contributed by atoms with van der Waals surface area (Å²) in [4.78, 5) is 28.7. The molecule has 1 aromatic carbocycles. The van der Waals surface area contributed by atoms with Gasteiger partial charge in [-0.15, -0.1) is 0 Å². The highest BCUT2D eigenvalue weighted by molar-refractivity contribution is 6.12. The zero-order chi connectivity index (χ0) is 19.7. The van der Waals surface area contributed by atoms with Crippen LogP contribution >= 0.6 is 0 Å². The molecule has 0 radical (unpaired) electrons. The summed E-state index contributed by atoms with van der Waals surface area (Å²) in [6.45, 7) is 7.67. The molecule has 7 heteroatoms. The van der Waals surface area contributed by atoms with Crippen LogP contribution in [0.15, 0.2) is 30.5 Å². The van der Waals surface area contributed by atoms with Gasteiger partial charge in [0.05, 0.1) is 28.8 Å². The Balaban J connectivity index is 2.00. The molecule has 0 saturated carbocycles. The molecule has 27 heavy (non-hydrogen) atoms. The predicted octanol–water partition coefficient (Wildman–Crippen LogP) is 3.97. The second-order valence-corrected chi connectivity index (χ2v) is 6.68. The molecule has 1 atom stereocenters. The van der Waals surface area contributed by atoms with Gasteiger partial charge in [0, 0.05) is 11.4 Å². The number of carboxylic acid groups (broad SMARTS) is 1. The summed E-state index contributed by atoms with van der Waals surface area (Å²) in [6, 6.07) is 6.71. The largest absolute Gasteiger partial charge is 0.478 e. The third-order valence-electron chi connectivity index (χ3n) is 4.67. The van der Waals surface area contributed by atoms with Crippen LogP contribution in [-0.4, -0.2) is 31.7 Å². The van der Waals surface area contributed by atoms with Gasteiger partial charge in [0.15, 0.2) is 5.65 Å². The topological polar surface area (TPSA) is 97.1 Å². The number of aromatic nitrogens is 3. The zero-order valence-electron chi connectivity index (χ0n) is 15.8. The first-order valence-corrected chi connectivity index (χ1v) is 8.82. The fraction of sp³-hybridized carbons (Fsp3) is 0.300. The maximum absolute atomic E-state index is 12.9. The van der Waals surface area contributed by atoms with Gasteiger partial charge in [-0.2, -0.15) is 5.10 Å². The Bertz CT molecular complexity index is 1040. The molecule has 1 unspecified atom stereocenters. The Kier molecular flexibility index (Phi) is 4.94. The maximum Gasteiger partial charge on any atom is 0.336 e. The molecule has 0 fully saturated rings. The van der Waals surface area contributed by atoms with Crippen LogP contribution in [0.5, 0.6) is 0 Å². The summed E-state index contributed by atoms with van der Waals surface area (Å²) in [5.74, 6) is -1.35. The third-order valence-corrected chi connectivity index (χ3v) is 4.67. The van der Waals surface area contributed by atoms with E-state index in [1.807, 2.05) is 11.6 Å². The lowest BCUT2D eigenvalue weighted by Crippen LogP contribution is -2.14. The van der Waals surface area contributed by atoms with Crippen LogP contribution in [0.25, 0.3) is 11.0 Å². The number of aryl methyl sites for hydroxylation is 2. The van der Waals surface area contributed by atoms with Gasteiger partial charge in [0.25, 0.3) is 5.91 Å². The molecule has 2 aromatic heterocycles. The van der Waals surface area contributed by atoms with Crippen molar-refractivity contribution in [3.8, 4) is 0 Å². The van der Waals surface area contributed by atoms with Crippen LogP contribution < -0.4 is 5.32 Å². The van der Waals surface area contributed by atoms with Crippen LogP contribution in [0.3, 0.4) is 0 Å². The van der Waals surface area contributed by atoms with E-state index in [1.165, 1.54) is 6.07 Å². The highest BCUT2D eigenvalue weighted by Gasteiger charge is 2.18. The van der Waals surface area contributed by atoms with Crippen molar-refractivity contribution in [1.82, 2.24) is 14.8 Å². The number of fused-ring (bicyclic) bond motifs is 1. The van der Waals surface area contributed by atoms with Crippen LogP contribution in [-0.2, 0) is 0 Å². The first-order chi connectivity index (χ1) is 12.8. The van der Waals surface area contributed by atoms with Crippen molar-refractivity contribution >= 4 is 28.6 Å². The molecule has 0 saturated heterocycles. The van der Waals surface area contributed by atoms with Crippen LogP contribution in [0.1, 0.15) is 58.3 Å². The van der Waals surface area contributed by atoms with Gasteiger partial charge in [0.2, 0.25) is 0 Å². The van der Waals surface area contributed by atoms with Crippen molar-refractivity contribution < 1.29 is 14.7 Å². The Hall–Kier alpha value is -3.22.